The first-order chi connectivity index (χ1) is 12.6. The molecule has 1 amide bonds. The minimum atomic E-state index is -0.545. The summed E-state index contributed by atoms with van der Waals surface area (Å²) in [5.74, 6) is 1.37. The summed E-state index contributed by atoms with van der Waals surface area (Å²) in [4.78, 5) is 13.3. The molecule has 0 unspecified atom stereocenters. The number of ether oxygens (including phenoxy) is 1. The lowest BCUT2D eigenvalue weighted by Crippen LogP contribution is -2.37. The number of carbonyl (C=O) groups is 1. The van der Waals surface area contributed by atoms with Crippen LogP contribution in [0.1, 0.15) is 6.92 Å². The molecule has 3 nitrogen and oxygen atoms in total. The van der Waals surface area contributed by atoms with Gasteiger partial charge in [0.1, 0.15) is 5.75 Å². The highest BCUT2D eigenvalue weighted by molar-refractivity contribution is 7.99. The molecule has 0 aliphatic rings. The van der Waals surface area contributed by atoms with Crippen LogP contribution < -0.4 is 10.1 Å². The second-order valence-corrected chi connectivity index (χ2v) is 7.47. The number of fused-ring (bicyclic) bond motifs is 1. The lowest BCUT2D eigenvalue weighted by molar-refractivity contribution is -0.127. The van der Waals surface area contributed by atoms with Gasteiger partial charge in [-0.15, -0.1) is 11.8 Å². The maximum atomic E-state index is 12.2. The fraction of sp³-hybridized carbons (Fsp3) is 0.190. The quantitative estimate of drug-likeness (QED) is 0.450. The van der Waals surface area contributed by atoms with Crippen molar-refractivity contribution in [2.45, 2.75) is 17.9 Å². The number of hydrogen-bond donors (Lipinski definition) is 1. The molecule has 0 heterocycles. The smallest absolute Gasteiger partial charge is 0.260 e. The van der Waals surface area contributed by atoms with Crippen molar-refractivity contribution in [3.63, 3.8) is 0 Å². The van der Waals surface area contributed by atoms with Crippen LogP contribution in [-0.4, -0.2) is 24.3 Å². The predicted octanol–water partition coefficient (Wildman–Crippen LogP) is 5.17. The van der Waals surface area contributed by atoms with Gasteiger partial charge in [0.25, 0.3) is 5.91 Å². The third kappa shape index (κ3) is 5.16. The summed E-state index contributed by atoms with van der Waals surface area (Å²) >= 11 is 7.54. The molecule has 0 aliphatic heterocycles. The summed E-state index contributed by atoms with van der Waals surface area (Å²) < 4.78 is 5.78. The SMILES string of the molecule is C[C@H](Oc1ccc2ccccc2c1)C(=O)NCCSc1ccc(Cl)cc1. The average Bonchev–Trinajstić information content (AvgIpc) is 2.66. The molecule has 1 N–H and O–H groups in total. The Bertz CT molecular complexity index is 883. The third-order valence-corrected chi connectivity index (χ3v) is 5.15. The Balaban J connectivity index is 1.45. The topological polar surface area (TPSA) is 38.3 Å². The number of hydrogen-bond acceptors (Lipinski definition) is 3. The first kappa shape index (κ1) is 18.6. The van der Waals surface area contributed by atoms with Crippen molar-refractivity contribution < 1.29 is 9.53 Å². The van der Waals surface area contributed by atoms with Crippen molar-refractivity contribution in [3.8, 4) is 5.75 Å². The van der Waals surface area contributed by atoms with E-state index in [0.717, 1.165) is 26.4 Å². The van der Waals surface area contributed by atoms with Gasteiger partial charge in [0.05, 0.1) is 0 Å². The molecule has 5 heteroatoms. The number of nitrogens with one attached hydrogen (secondary N) is 1. The van der Waals surface area contributed by atoms with Crippen LogP contribution in [0.4, 0.5) is 0 Å². The molecule has 0 fully saturated rings. The van der Waals surface area contributed by atoms with Crippen LogP contribution in [-0.2, 0) is 4.79 Å². The minimum absolute atomic E-state index is 0.116. The second-order valence-electron chi connectivity index (χ2n) is 5.86. The predicted molar refractivity (Wildman–Crippen MR) is 109 cm³/mol. The van der Waals surface area contributed by atoms with Crippen molar-refractivity contribution in [2.75, 3.05) is 12.3 Å². The molecule has 0 saturated carbocycles. The molecule has 0 aromatic heterocycles. The molecule has 0 spiro atoms. The standard InChI is InChI=1S/C21H20ClNO2S/c1-15(25-19-9-6-16-4-2-3-5-17(16)14-19)21(24)23-12-13-26-20-10-7-18(22)8-11-20/h2-11,14-15H,12-13H2,1H3,(H,23,24)/t15-/m0/s1. The summed E-state index contributed by atoms with van der Waals surface area (Å²) in [5, 5.41) is 5.88. The Hall–Kier alpha value is -2.17. The van der Waals surface area contributed by atoms with Gasteiger partial charge >= 0.3 is 0 Å². The zero-order valence-corrected chi connectivity index (χ0v) is 16.0. The maximum absolute atomic E-state index is 12.2. The minimum Gasteiger partial charge on any atom is -0.481 e. The van der Waals surface area contributed by atoms with Crippen LogP contribution in [0.25, 0.3) is 10.8 Å². The first-order valence-electron chi connectivity index (χ1n) is 8.43. The summed E-state index contributed by atoms with van der Waals surface area (Å²) in [5.41, 5.74) is 0. The van der Waals surface area contributed by atoms with Crippen molar-refractivity contribution in [1.29, 1.82) is 0 Å². The number of amides is 1. The molecule has 0 radical (unpaired) electrons. The molecular formula is C21H20ClNO2S. The van der Waals surface area contributed by atoms with E-state index in [1.165, 1.54) is 0 Å². The van der Waals surface area contributed by atoms with Crippen LogP contribution in [0.3, 0.4) is 0 Å². The number of halogens is 1. The molecule has 0 aliphatic carbocycles. The van der Waals surface area contributed by atoms with Gasteiger partial charge < -0.3 is 10.1 Å². The van der Waals surface area contributed by atoms with E-state index in [-0.39, 0.29) is 5.91 Å². The van der Waals surface area contributed by atoms with Gasteiger partial charge in [-0.25, -0.2) is 0 Å². The lowest BCUT2D eigenvalue weighted by Gasteiger charge is -2.15. The van der Waals surface area contributed by atoms with Gasteiger partial charge in [-0.1, -0.05) is 41.9 Å². The Morgan fingerprint density at radius 3 is 2.58 bits per heavy atom. The fourth-order valence-electron chi connectivity index (χ4n) is 2.52. The van der Waals surface area contributed by atoms with Gasteiger partial charge in [-0.2, -0.15) is 0 Å². The van der Waals surface area contributed by atoms with Gasteiger partial charge in [0.15, 0.2) is 6.10 Å². The number of carbonyl (C=O) groups excluding carboxylic acids is 1. The van der Waals surface area contributed by atoms with Crippen molar-refractivity contribution in [3.05, 3.63) is 71.8 Å². The molecular weight excluding hydrogens is 366 g/mol. The summed E-state index contributed by atoms with van der Waals surface area (Å²) in [6.07, 6.45) is -0.545. The van der Waals surface area contributed by atoms with Crippen LogP contribution in [0.2, 0.25) is 5.02 Å². The average molecular weight is 386 g/mol. The van der Waals surface area contributed by atoms with Crippen molar-refractivity contribution >= 4 is 40.0 Å². The highest BCUT2D eigenvalue weighted by Crippen LogP contribution is 2.22. The number of benzene rings is 3. The number of thioether (sulfide) groups is 1. The van der Waals surface area contributed by atoms with E-state index in [9.17, 15) is 4.79 Å². The highest BCUT2D eigenvalue weighted by atomic mass is 35.5. The van der Waals surface area contributed by atoms with Crippen LogP contribution >= 0.6 is 23.4 Å². The van der Waals surface area contributed by atoms with E-state index in [1.54, 1.807) is 18.7 Å². The van der Waals surface area contributed by atoms with E-state index in [0.29, 0.717) is 12.3 Å². The number of rotatable bonds is 7. The van der Waals surface area contributed by atoms with Crippen LogP contribution in [0.5, 0.6) is 5.75 Å². The zero-order valence-electron chi connectivity index (χ0n) is 14.4. The molecule has 0 bridgehead atoms. The molecule has 26 heavy (non-hydrogen) atoms. The monoisotopic (exact) mass is 385 g/mol. The third-order valence-electron chi connectivity index (χ3n) is 3.89. The van der Waals surface area contributed by atoms with Crippen molar-refractivity contribution in [1.82, 2.24) is 5.32 Å². The Labute approximate surface area is 162 Å². The zero-order chi connectivity index (χ0) is 18.4. The summed E-state index contributed by atoms with van der Waals surface area (Å²) in [6.45, 7) is 2.34. The molecule has 0 saturated heterocycles. The van der Waals surface area contributed by atoms with E-state index in [2.05, 4.69) is 5.32 Å². The van der Waals surface area contributed by atoms with Gasteiger partial charge in [0, 0.05) is 22.2 Å². The largest absolute Gasteiger partial charge is 0.481 e. The summed E-state index contributed by atoms with van der Waals surface area (Å²) in [6, 6.07) is 21.6. The van der Waals surface area contributed by atoms with E-state index < -0.39 is 6.10 Å². The van der Waals surface area contributed by atoms with Crippen LogP contribution in [0.15, 0.2) is 71.6 Å². The van der Waals surface area contributed by atoms with E-state index in [1.807, 2.05) is 66.7 Å². The first-order valence-corrected chi connectivity index (χ1v) is 9.80. The van der Waals surface area contributed by atoms with E-state index >= 15 is 0 Å². The fourth-order valence-corrected chi connectivity index (χ4v) is 3.41. The summed E-state index contributed by atoms with van der Waals surface area (Å²) in [7, 11) is 0. The van der Waals surface area contributed by atoms with E-state index in [4.69, 9.17) is 16.3 Å². The van der Waals surface area contributed by atoms with Gasteiger partial charge in [-0.05, 0) is 54.1 Å². The lowest BCUT2D eigenvalue weighted by atomic mass is 10.1. The maximum Gasteiger partial charge on any atom is 0.260 e. The molecule has 3 rings (SSSR count). The molecule has 1 atom stereocenters. The molecule has 134 valence electrons. The van der Waals surface area contributed by atoms with Gasteiger partial charge in [-0.3, -0.25) is 4.79 Å². The highest BCUT2D eigenvalue weighted by Gasteiger charge is 2.14. The molecule has 3 aromatic rings. The van der Waals surface area contributed by atoms with Gasteiger partial charge in [0.2, 0.25) is 0 Å². The second kappa shape index (κ2) is 8.97. The van der Waals surface area contributed by atoms with Crippen molar-refractivity contribution in [2.24, 2.45) is 0 Å². The molecule has 3 aromatic carbocycles. The van der Waals surface area contributed by atoms with Crippen LogP contribution in [0, 0.1) is 0 Å². The Morgan fingerprint density at radius 1 is 1.08 bits per heavy atom. The normalized spacial score (nSPS) is 11.9. The Morgan fingerprint density at radius 2 is 1.81 bits per heavy atom. The Kier molecular flexibility index (Phi) is 6.42.